The fraction of sp³-hybridized carbons (Fsp3) is 0.533. The van der Waals surface area contributed by atoms with E-state index in [2.05, 4.69) is 16.3 Å². The van der Waals surface area contributed by atoms with Crippen molar-refractivity contribution in [3.63, 3.8) is 0 Å². The maximum absolute atomic E-state index is 10.2. The van der Waals surface area contributed by atoms with Crippen molar-refractivity contribution in [2.24, 2.45) is 5.92 Å². The summed E-state index contributed by atoms with van der Waals surface area (Å²) < 4.78 is 0. The van der Waals surface area contributed by atoms with E-state index in [0.29, 0.717) is 17.2 Å². The van der Waals surface area contributed by atoms with Crippen LogP contribution >= 0.6 is 0 Å². The van der Waals surface area contributed by atoms with Crippen molar-refractivity contribution < 1.29 is 5.11 Å². The molecule has 3 rings (SSSR count). The van der Waals surface area contributed by atoms with E-state index in [1.165, 1.54) is 12.8 Å². The van der Waals surface area contributed by atoms with E-state index in [1.54, 1.807) is 12.1 Å². The molecule has 4 heteroatoms. The third-order valence-corrected chi connectivity index (χ3v) is 4.09. The fourth-order valence-electron chi connectivity index (χ4n) is 2.98. The Balaban J connectivity index is 1.93. The molecule has 1 aromatic rings. The molecule has 0 aromatic heterocycles. The molecule has 1 aliphatic heterocycles. The lowest BCUT2D eigenvalue weighted by Crippen LogP contribution is -2.45. The highest BCUT2D eigenvalue weighted by molar-refractivity contribution is 5.43. The number of phenols is 1. The molecule has 1 heterocycles. The van der Waals surface area contributed by atoms with Crippen LogP contribution in [0.4, 0.5) is 0 Å². The van der Waals surface area contributed by atoms with Gasteiger partial charge in [-0.25, -0.2) is 0 Å². The summed E-state index contributed by atoms with van der Waals surface area (Å²) >= 11 is 0. The molecule has 1 saturated carbocycles. The lowest BCUT2D eigenvalue weighted by atomic mass is 9.97. The van der Waals surface area contributed by atoms with Crippen LogP contribution < -0.4 is 5.32 Å². The first-order chi connectivity index (χ1) is 9.29. The smallest absolute Gasteiger partial charge is 0.120 e. The quantitative estimate of drug-likeness (QED) is 0.864. The number of benzene rings is 1. The van der Waals surface area contributed by atoms with Crippen LogP contribution in [0.1, 0.15) is 30.0 Å². The zero-order chi connectivity index (χ0) is 13.2. The standard InChI is InChI=1S/C15H19N3O/c16-10-11-1-4-14(19)13(9-11)15(12-2-3-12)18-7-5-17-6-8-18/h1,4,9,12,15,17,19H,2-3,5-8H2/t15-/m0/s1. The Morgan fingerprint density at radius 1 is 1.32 bits per heavy atom. The summed E-state index contributed by atoms with van der Waals surface area (Å²) in [4.78, 5) is 2.45. The zero-order valence-electron chi connectivity index (χ0n) is 11.0. The third-order valence-electron chi connectivity index (χ3n) is 4.09. The first-order valence-corrected chi connectivity index (χ1v) is 6.97. The van der Waals surface area contributed by atoms with E-state index in [9.17, 15) is 5.11 Å². The minimum Gasteiger partial charge on any atom is -0.508 e. The molecule has 0 amide bonds. The molecule has 2 N–H and O–H groups in total. The largest absolute Gasteiger partial charge is 0.508 e. The van der Waals surface area contributed by atoms with E-state index < -0.39 is 0 Å². The van der Waals surface area contributed by atoms with Crippen LogP contribution in [-0.2, 0) is 0 Å². The highest BCUT2D eigenvalue weighted by Crippen LogP contribution is 2.47. The van der Waals surface area contributed by atoms with Gasteiger partial charge < -0.3 is 10.4 Å². The Labute approximate surface area is 113 Å². The number of nitrogens with one attached hydrogen (secondary N) is 1. The molecule has 1 atom stereocenters. The van der Waals surface area contributed by atoms with Gasteiger partial charge in [0.2, 0.25) is 0 Å². The monoisotopic (exact) mass is 257 g/mol. The van der Waals surface area contributed by atoms with Gasteiger partial charge in [0, 0.05) is 37.8 Å². The molecule has 1 saturated heterocycles. The van der Waals surface area contributed by atoms with Crippen molar-refractivity contribution in [1.29, 1.82) is 5.26 Å². The van der Waals surface area contributed by atoms with Crippen molar-refractivity contribution in [3.8, 4) is 11.8 Å². The van der Waals surface area contributed by atoms with E-state index in [0.717, 1.165) is 31.7 Å². The Morgan fingerprint density at radius 2 is 2.05 bits per heavy atom. The summed E-state index contributed by atoms with van der Waals surface area (Å²) in [5, 5.41) is 22.6. The molecule has 1 aliphatic carbocycles. The number of nitrogens with zero attached hydrogens (tertiary/aromatic N) is 2. The number of aromatic hydroxyl groups is 1. The first-order valence-electron chi connectivity index (χ1n) is 6.97. The summed E-state index contributed by atoms with van der Waals surface area (Å²) in [7, 11) is 0. The molecular weight excluding hydrogens is 238 g/mol. The van der Waals surface area contributed by atoms with E-state index >= 15 is 0 Å². The minimum absolute atomic E-state index is 0.274. The predicted molar refractivity (Wildman–Crippen MR) is 72.7 cm³/mol. The lowest BCUT2D eigenvalue weighted by Gasteiger charge is -2.35. The molecule has 0 unspecified atom stereocenters. The number of hydrogen-bond donors (Lipinski definition) is 2. The van der Waals surface area contributed by atoms with E-state index in [1.807, 2.05) is 6.07 Å². The minimum atomic E-state index is 0.274. The van der Waals surface area contributed by atoms with Crippen molar-refractivity contribution >= 4 is 0 Å². The summed E-state index contributed by atoms with van der Waals surface area (Å²) in [6.45, 7) is 4.03. The molecule has 1 aromatic carbocycles. The second kappa shape index (κ2) is 5.20. The first kappa shape index (κ1) is 12.5. The molecule has 19 heavy (non-hydrogen) atoms. The van der Waals surface area contributed by atoms with Crippen molar-refractivity contribution in [3.05, 3.63) is 29.3 Å². The number of rotatable bonds is 3. The van der Waals surface area contributed by atoms with Gasteiger partial charge in [-0.2, -0.15) is 5.26 Å². The molecule has 100 valence electrons. The Hall–Kier alpha value is -1.57. The van der Waals surface area contributed by atoms with Crippen LogP contribution in [0.5, 0.6) is 5.75 Å². The fourth-order valence-corrected chi connectivity index (χ4v) is 2.98. The van der Waals surface area contributed by atoms with Gasteiger partial charge >= 0.3 is 0 Å². The second-order valence-electron chi connectivity index (χ2n) is 5.45. The molecular formula is C15H19N3O. The van der Waals surface area contributed by atoms with Crippen molar-refractivity contribution in [2.75, 3.05) is 26.2 Å². The number of hydrogen-bond acceptors (Lipinski definition) is 4. The topological polar surface area (TPSA) is 59.3 Å². The molecule has 2 aliphatic rings. The molecule has 0 radical (unpaired) electrons. The molecule has 2 fully saturated rings. The SMILES string of the molecule is N#Cc1ccc(O)c([C@H](C2CC2)N2CCNCC2)c1. The zero-order valence-corrected chi connectivity index (χ0v) is 11.0. The lowest BCUT2D eigenvalue weighted by molar-refractivity contribution is 0.153. The Bertz CT molecular complexity index is 499. The maximum Gasteiger partial charge on any atom is 0.120 e. The normalized spacial score (nSPS) is 21.8. The van der Waals surface area contributed by atoms with Crippen molar-refractivity contribution in [2.45, 2.75) is 18.9 Å². The second-order valence-corrected chi connectivity index (χ2v) is 5.45. The predicted octanol–water partition coefficient (Wildman–Crippen LogP) is 1.62. The van der Waals surface area contributed by atoms with Crippen LogP contribution in [0.2, 0.25) is 0 Å². The summed E-state index contributed by atoms with van der Waals surface area (Å²) in [5.41, 5.74) is 1.57. The van der Waals surface area contributed by atoms with Gasteiger partial charge in [-0.1, -0.05) is 0 Å². The van der Waals surface area contributed by atoms with E-state index in [4.69, 9.17) is 5.26 Å². The number of nitriles is 1. The third kappa shape index (κ3) is 2.58. The van der Waals surface area contributed by atoms with Gasteiger partial charge in [0.05, 0.1) is 11.6 Å². The van der Waals surface area contributed by atoms with Gasteiger partial charge in [0.1, 0.15) is 5.75 Å². The maximum atomic E-state index is 10.2. The molecule has 4 nitrogen and oxygen atoms in total. The van der Waals surface area contributed by atoms with E-state index in [-0.39, 0.29) is 6.04 Å². The van der Waals surface area contributed by atoms with Gasteiger partial charge in [-0.3, -0.25) is 4.90 Å². The summed E-state index contributed by atoms with van der Waals surface area (Å²) in [5.74, 6) is 0.965. The Morgan fingerprint density at radius 3 is 2.68 bits per heavy atom. The summed E-state index contributed by atoms with van der Waals surface area (Å²) in [6.07, 6.45) is 2.45. The van der Waals surface area contributed by atoms with Crippen LogP contribution in [0.15, 0.2) is 18.2 Å². The highest BCUT2D eigenvalue weighted by atomic mass is 16.3. The van der Waals surface area contributed by atoms with Gasteiger partial charge in [-0.15, -0.1) is 0 Å². The number of piperazine rings is 1. The molecule has 0 bridgehead atoms. The average Bonchev–Trinajstić information content (AvgIpc) is 3.27. The Kier molecular flexibility index (Phi) is 3.41. The number of phenolic OH excluding ortho intramolecular Hbond substituents is 1. The van der Waals surface area contributed by atoms with Crippen LogP contribution in [-0.4, -0.2) is 36.2 Å². The van der Waals surface area contributed by atoms with Gasteiger partial charge in [-0.05, 0) is 37.0 Å². The molecule has 0 spiro atoms. The summed E-state index contributed by atoms with van der Waals surface area (Å²) in [6, 6.07) is 7.64. The van der Waals surface area contributed by atoms with Crippen LogP contribution in [0, 0.1) is 17.2 Å². The van der Waals surface area contributed by atoms with Crippen molar-refractivity contribution in [1.82, 2.24) is 10.2 Å². The average molecular weight is 257 g/mol. The van der Waals surface area contributed by atoms with Gasteiger partial charge in [0.25, 0.3) is 0 Å². The van der Waals surface area contributed by atoms with Crippen LogP contribution in [0.3, 0.4) is 0 Å². The van der Waals surface area contributed by atoms with Gasteiger partial charge in [0.15, 0.2) is 0 Å². The highest BCUT2D eigenvalue weighted by Gasteiger charge is 2.38. The van der Waals surface area contributed by atoms with Crippen LogP contribution in [0.25, 0.3) is 0 Å².